The molecule has 6 heteroatoms. The molecule has 0 saturated carbocycles. The fourth-order valence-electron chi connectivity index (χ4n) is 4.77. The number of ether oxygens (including phenoxy) is 3. The average molecular weight is 450 g/mol. The van der Waals surface area contributed by atoms with E-state index in [0.717, 1.165) is 28.1 Å². The Kier molecular flexibility index (Phi) is 7.02. The van der Waals surface area contributed by atoms with Crippen molar-refractivity contribution in [1.82, 2.24) is 5.32 Å². The molecule has 2 aromatic carbocycles. The van der Waals surface area contributed by atoms with Crippen LogP contribution in [0.1, 0.15) is 63.0 Å². The average Bonchev–Trinajstić information content (AvgIpc) is 2.80. The molecule has 0 spiro atoms. The normalized spacial score (nSPS) is 20.2. The summed E-state index contributed by atoms with van der Waals surface area (Å²) in [5.41, 5.74) is 3.45. The van der Waals surface area contributed by atoms with Crippen molar-refractivity contribution < 1.29 is 23.8 Å². The monoisotopic (exact) mass is 449 g/mol. The van der Waals surface area contributed by atoms with Gasteiger partial charge in [-0.2, -0.15) is 0 Å². The maximum absolute atomic E-state index is 13.4. The smallest absolute Gasteiger partial charge is 0.225 e. The second kappa shape index (κ2) is 10.1. The first-order valence-corrected chi connectivity index (χ1v) is 11.7. The molecule has 0 saturated heterocycles. The number of hydrogen-bond acceptors (Lipinski definition) is 5. The van der Waals surface area contributed by atoms with Crippen LogP contribution in [0.2, 0.25) is 0 Å². The van der Waals surface area contributed by atoms with E-state index < -0.39 is 0 Å². The molecular formula is C27H31NO5. The van der Waals surface area contributed by atoms with Crippen molar-refractivity contribution in [2.45, 2.75) is 51.9 Å². The first kappa shape index (κ1) is 22.9. The van der Waals surface area contributed by atoms with Gasteiger partial charge in [0.25, 0.3) is 0 Å². The molecular weight excluding hydrogens is 418 g/mol. The zero-order valence-electron chi connectivity index (χ0n) is 19.5. The first-order valence-electron chi connectivity index (χ1n) is 11.7. The van der Waals surface area contributed by atoms with E-state index in [9.17, 15) is 9.59 Å². The van der Waals surface area contributed by atoms with Gasteiger partial charge in [0, 0.05) is 30.0 Å². The largest absolute Gasteiger partial charge is 0.494 e. The fourth-order valence-corrected chi connectivity index (χ4v) is 4.77. The van der Waals surface area contributed by atoms with Gasteiger partial charge in [-0.3, -0.25) is 9.59 Å². The predicted molar refractivity (Wildman–Crippen MR) is 126 cm³/mol. The summed E-state index contributed by atoms with van der Waals surface area (Å²) in [6.45, 7) is 7.45. The van der Waals surface area contributed by atoms with Crippen LogP contribution in [0, 0.1) is 0 Å². The third-order valence-corrected chi connectivity index (χ3v) is 6.17. The molecule has 0 fully saturated rings. The van der Waals surface area contributed by atoms with Crippen LogP contribution in [0.15, 0.2) is 53.7 Å². The third-order valence-electron chi connectivity index (χ3n) is 6.17. The lowest BCUT2D eigenvalue weighted by Crippen LogP contribution is -2.38. The fraction of sp³-hybridized carbons (Fsp3) is 0.407. The Morgan fingerprint density at radius 1 is 0.788 bits per heavy atom. The van der Waals surface area contributed by atoms with Crippen molar-refractivity contribution in [3.63, 3.8) is 0 Å². The Labute approximate surface area is 194 Å². The van der Waals surface area contributed by atoms with E-state index in [1.807, 2.05) is 63.2 Å². The quantitative estimate of drug-likeness (QED) is 0.621. The summed E-state index contributed by atoms with van der Waals surface area (Å²) < 4.78 is 17.0. The summed E-state index contributed by atoms with van der Waals surface area (Å²) in [4.78, 5) is 26.0. The number of ketones is 1. The van der Waals surface area contributed by atoms with Crippen LogP contribution in [-0.4, -0.2) is 31.5 Å². The van der Waals surface area contributed by atoms with Crippen LogP contribution in [0.5, 0.6) is 17.2 Å². The molecule has 174 valence electrons. The molecule has 0 radical (unpaired) electrons. The van der Waals surface area contributed by atoms with Gasteiger partial charge >= 0.3 is 0 Å². The highest BCUT2D eigenvalue weighted by molar-refractivity contribution is 6.02. The highest BCUT2D eigenvalue weighted by Gasteiger charge is 2.38. The number of amides is 1. The minimum atomic E-state index is -0.280. The van der Waals surface area contributed by atoms with Crippen LogP contribution >= 0.6 is 0 Å². The van der Waals surface area contributed by atoms with Crippen molar-refractivity contribution >= 4 is 11.7 Å². The van der Waals surface area contributed by atoms with E-state index in [2.05, 4.69) is 5.32 Å². The van der Waals surface area contributed by atoms with E-state index in [-0.39, 0.29) is 29.9 Å². The number of allylic oxidation sites excluding steroid dienone is 2. The van der Waals surface area contributed by atoms with Gasteiger partial charge in [0.15, 0.2) is 17.3 Å². The zero-order chi connectivity index (χ0) is 23.4. The number of carbonyl (C=O) groups is 2. The maximum Gasteiger partial charge on any atom is 0.225 e. The number of benzene rings is 2. The highest BCUT2D eigenvalue weighted by atomic mass is 16.5. The predicted octanol–water partition coefficient (Wildman–Crippen LogP) is 4.89. The number of hydrogen-bond donors (Lipinski definition) is 1. The summed E-state index contributed by atoms with van der Waals surface area (Å²) in [6.07, 6.45) is 1.30. The van der Waals surface area contributed by atoms with Gasteiger partial charge in [-0.25, -0.2) is 0 Å². The molecule has 2 unspecified atom stereocenters. The van der Waals surface area contributed by atoms with Gasteiger partial charge < -0.3 is 19.5 Å². The molecule has 2 aromatic rings. The van der Waals surface area contributed by atoms with Gasteiger partial charge in [-0.05, 0) is 68.5 Å². The zero-order valence-corrected chi connectivity index (χ0v) is 19.5. The van der Waals surface area contributed by atoms with Crippen molar-refractivity contribution in [3.05, 3.63) is 64.9 Å². The first-order chi connectivity index (χ1) is 16.0. The van der Waals surface area contributed by atoms with Crippen molar-refractivity contribution in [1.29, 1.82) is 0 Å². The SMILES string of the molecule is CCOc1ccc(C2CC(=O)C3=C(C2)NC(=O)CC3c2ccc(OCC)c(OCC)c2)cc1. The van der Waals surface area contributed by atoms with Gasteiger partial charge in [0.1, 0.15) is 5.75 Å². The van der Waals surface area contributed by atoms with Crippen LogP contribution in [0.4, 0.5) is 0 Å². The van der Waals surface area contributed by atoms with Crippen molar-refractivity contribution in [2.24, 2.45) is 0 Å². The number of nitrogens with one attached hydrogen (secondary N) is 1. The second-order valence-electron chi connectivity index (χ2n) is 8.30. The molecule has 33 heavy (non-hydrogen) atoms. The minimum Gasteiger partial charge on any atom is -0.494 e. The second-order valence-corrected chi connectivity index (χ2v) is 8.30. The molecule has 4 rings (SSSR count). The molecule has 0 bridgehead atoms. The topological polar surface area (TPSA) is 73.9 Å². The molecule has 6 nitrogen and oxygen atoms in total. The van der Waals surface area contributed by atoms with Gasteiger partial charge in [-0.15, -0.1) is 0 Å². The van der Waals surface area contributed by atoms with E-state index in [1.165, 1.54) is 0 Å². The Bertz CT molecular complexity index is 1060. The maximum atomic E-state index is 13.4. The summed E-state index contributed by atoms with van der Waals surface area (Å²) in [5, 5.41) is 2.99. The number of rotatable bonds is 8. The lowest BCUT2D eigenvalue weighted by atomic mass is 9.73. The Balaban J connectivity index is 1.64. The van der Waals surface area contributed by atoms with E-state index in [1.54, 1.807) is 0 Å². The molecule has 1 heterocycles. The van der Waals surface area contributed by atoms with E-state index >= 15 is 0 Å². The van der Waals surface area contributed by atoms with Crippen molar-refractivity contribution in [3.8, 4) is 17.2 Å². The molecule has 1 aliphatic carbocycles. The molecule has 1 N–H and O–H groups in total. The summed E-state index contributed by atoms with van der Waals surface area (Å²) in [5.74, 6) is 1.90. The molecule has 2 atom stereocenters. The molecule has 1 aliphatic heterocycles. The minimum absolute atomic E-state index is 0.0327. The lowest BCUT2D eigenvalue weighted by Gasteiger charge is -2.34. The summed E-state index contributed by atoms with van der Waals surface area (Å²) >= 11 is 0. The van der Waals surface area contributed by atoms with E-state index in [4.69, 9.17) is 14.2 Å². The summed E-state index contributed by atoms with van der Waals surface area (Å²) in [6, 6.07) is 13.6. The van der Waals surface area contributed by atoms with Crippen LogP contribution < -0.4 is 19.5 Å². The molecule has 0 aromatic heterocycles. The van der Waals surface area contributed by atoms with Gasteiger partial charge in [0.05, 0.1) is 19.8 Å². The molecule has 2 aliphatic rings. The van der Waals surface area contributed by atoms with E-state index in [0.29, 0.717) is 44.2 Å². The number of carbonyl (C=O) groups excluding carboxylic acids is 2. The standard InChI is InChI=1S/C27H31NO5/c1-4-31-20-10-7-17(8-11-20)19-13-22-27(23(29)14-19)21(16-26(30)28-22)18-9-12-24(32-5-2)25(15-18)33-6-3/h7-12,15,19,21H,4-6,13-14,16H2,1-3H3,(H,28,30). The van der Waals surface area contributed by atoms with Gasteiger partial charge in [0.2, 0.25) is 5.91 Å². The highest BCUT2D eigenvalue weighted by Crippen LogP contribution is 2.44. The van der Waals surface area contributed by atoms with Gasteiger partial charge in [-0.1, -0.05) is 18.2 Å². The van der Waals surface area contributed by atoms with Crippen molar-refractivity contribution in [2.75, 3.05) is 19.8 Å². The van der Waals surface area contributed by atoms with Crippen LogP contribution in [0.25, 0.3) is 0 Å². The Morgan fingerprint density at radius 3 is 2.15 bits per heavy atom. The Hall–Kier alpha value is -3.28. The van der Waals surface area contributed by atoms with Crippen LogP contribution in [0.3, 0.4) is 0 Å². The number of Topliss-reactive ketones (excluding diaryl/α,β-unsaturated/α-hetero) is 1. The van der Waals surface area contributed by atoms with Crippen LogP contribution in [-0.2, 0) is 9.59 Å². The third kappa shape index (κ3) is 4.90. The Morgan fingerprint density at radius 2 is 1.45 bits per heavy atom. The lowest BCUT2D eigenvalue weighted by molar-refractivity contribution is -0.122. The summed E-state index contributed by atoms with van der Waals surface area (Å²) in [7, 11) is 0. The molecule has 1 amide bonds.